The summed E-state index contributed by atoms with van der Waals surface area (Å²) in [6.07, 6.45) is 3.55. The van der Waals surface area contributed by atoms with E-state index in [1.807, 2.05) is 0 Å². The van der Waals surface area contributed by atoms with E-state index in [4.69, 9.17) is 15.4 Å². The minimum absolute atomic E-state index is 0.0805. The number of hydrogen-bond acceptors (Lipinski definition) is 4. The number of ether oxygens (including phenoxy) is 1. The highest BCUT2D eigenvalue weighted by atomic mass is 35.7. The Hall–Kier alpha value is -1.05. The maximum absolute atomic E-state index is 12.2. The number of hydrogen-bond donors (Lipinski definition) is 1. The lowest BCUT2D eigenvalue weighted by Crippen LogP contribution is -2.30. The van der Waals surface area contributed by atoms with Crippen LogP contribution in [0.5, 0.6) is 0 Å². The maximum Gasteiger partial charge on any atom is 0.267 e. The molecular weight excluding hydrogens is 316 g/mol. The fraction of sp³-hybridized carbons (Fsp3) is 0.615. The molecule has 21 heavy (non-hydrogen) atoms. The van der Waals surface area contributed by atoms with Gasteiger partial charge in [-0.1, -0.05) is 6.92 Å². The van der Waals surface area contributed by atoms with Crippen molar-refractivity contribution in [3.63, 3.8) is 0 Å². The number of halogens is 1. The van der Waals surface area contributed by atoms with Gasteiger partial charge in [-0.2, -0.15) is 0 Å². The van der Waals surface area contributed by atoms with Crippen LogP contribution in [0.1, 0.15) is 30.3 Å². The smallest absolute Gasteiger partial charge is 0.267 e. The average molecular weight is 335 g/mol. The summed E-state index contributed by atoms with van der Waals surface area (Å²) in [6.45, 7) is 3.44. The lowest BCUT2D eigenvalue weighted by molar-refractivity contribution is 0.0934. The molecule has 1 heterocycles. The third-order valence-electron chi connectivity index (χ3n) is 3.70. The Balaban J connectivity index is 2.18. The number of rotatable bonds is 7. The van der Waals surface area contributed by atoms with Gasteiger partial charge in [0.05, 0.1) is 6.61 Å². The van der Waals surface area contributed by atoms with E-state index < -0.39 is 9.05 Å². The first-order valence-electron chi connectivity index (χ1n) is 6.67. The number of carbonyl (C=O) groups excluding carboxylic acids is 1. The van der Waals surface area contributed by atoms with Crippen LogP contribution in [0.25, 0.3) is 0 Å². The predicted octanol–water partition coefficient (Wildman–Crippen LogP) is 1.59. The molecule has 2 rings (SSSR count). The fourth-order valence-electron chi connectivity index (χ4n) is 1.96. The van der Waals surface area contributed by atoms with Gasteiger partial charge >= 0.3 is 0 Å². The first-order chi connectivity index (χ1) is 9.75. The van der Waals surface area contributed by atoms with E-state index in [0.29, 0.717) is 19.7 Å². The molecule has 0 unspecified atom stereocenters. The quantitative estimate of drug-likeness (QED) is 0.768. The van der Waals surface area contributed by atoms with E-state index in [-0.39, 0.29) is 21.9 Å². The molecule has 1 fully saturated rings. The molecule has 1 N–H and O–H groups in total. The van der Waals surface area contributed by atoms with Crippen molar-refractivity contribution >= 4 is 25.6 Å². The average Bonchev–Trinajstić information content (AvgIpc) is 2.98. The number of carbonyl (C=O) groups is 1. The van der Waals surface area contributed by atoms with E-state index in [9.17, 15) is 13.2 Å². The third kappa shape index (κ3) is 4.21. The van der Waals surface area contributed by atoms with Crippen molar-refractivity contribution in [1.82, 2.24) is 9.88 Å². The molecule has 1 saturated carbocycles. The molecule has 6 nitrogen and oxygen atoms in total. The second kappa shape index (κ2) is 5.98. The molecule has 0 radical (unpaired) electrons. The number of methoxy groups -OCH3 is 1. The van der Waals surface area contributed by atoms with Crippen molar-refractivity contribution in [3.05, 3.63) is 18.0 Å². The van der Waals surface area contributed by atoms with Gasteiger partial charge in [-0.25, -0.2) is 8.42 Å². The van der Waals surface area contributed by atoms with Crippen LogP contribution in [0.3, 0.4) is 0 Å². The van der Waals surface area contributed by atoms with Gasteiger partial charge in [-0.05, 0) is 24.3 Å². The lowest BCUT2D eigenvalue weighted by atomic mass is 10.1. The molecule has 0 aromatic carbocycles. The van der Waals surface area contributed by atoms with Crippen molar-refractivity contribution in [2.24, 2.45) is 5.41 Å². The van der Waals surface area contributed by atoms with Crippen LogP contribution in [0.15, 0.2) is 17.2 Å². The zero-order chi connectivity index (χ0) is 15.7. The van der Waals surface area contributed by atoms with Crippen LogP contribution < -0.4 is 5.32 Å². The Morgan fingerprint density at radius 1 is 1.52 bits per heavy atom. The highest BCUT2D eigenvalue weighted by molar-refractivity contribution is 8.13. The van der Waals surface area contributed by atoms with Gasteiger partial charge in [0.15, 0.2) is 0 Å². The Morgan fingerprint density at radius 3 is 2.71 bits per heavy atom. The molecule has 0 saturated heterocycles. The predicted molar refractivity (Wildman–Crippen MR) is 79.0 cm³/mol. The van der Waals surface area contributed by atoms with Crippen molar-refractivity contribution in [2.45, 2.75) is 31.2 Å². The van der Waals surface area contributed by atoms with E-state index in [2.05, 4.69) is 12.2 Å². The van der Waals surface area contributed by atoms with Gasteiger partial charge in [0.1, 0.15) is 10.6 Å². The molecular formula is C13H19ClN2O4S. The zero-order valence-corrected chi connectivity index (χ0v) is 13.6. The number of nitrogens with zero attached hydrogens (tertiary/aromatic N) is 1. The summed E-state index contributed by atoms with van der Waals surface area (Å²) in [7, 11) is 3.01. The third-order valence-corrected chi connectivity index (χ3v) is 5.02. The molecule has 0 atom stereocenters. The molecule has 8 heteroatoms. The summed E-state index contributed by atoms with van der Waals surface area (Å²) < 4.78 is 29.3. The Morgan fingerprint density at radius 2 is 2.19 bits per heavy atom. The molecule has 1 aliphatic rings. The van der Waals surface area contributed by atoms with Crippen molar-refractivity contribution < 1.29 is 17.9 Å². The molecule has 1 aromatic rings. The van der Waals surface area contributed by atoms with Gasteiger partial charge < -0.3 is 14.6 Å². The highest BCUT2D eigenvalue weighted by Crippen LogP contribution is 2.44. The van der Waals surface area contributed by atoms with E-state index in [1.165, 1.54) is 19.4 Å². The Kier molecular flexibility index (Phi) is 4.65. The largest absolute Gasteiger partial charge is 0.383 e. The second-order valence-electron chi connectivity index (χ2n) is 5.68. The van der Waals surface area contributed by atoms with E-state index in [0.717, 1.165) is 12.8 Å². The zero-order valence-electron chi connectivity index (χ0n) is 12.1. The van der Waals surface area contributed by atoms with Crippen LogP contribution in [0.2, 0.25) is 0 Å². The number of amides is 1. The number of nitrogens with one attached hydrogen (secondary N) is 1. The summed E-state index contributed by atoms with van der Waals surface area (Å²) in [5.74, 6) is -0.300. The van der Waals surface area contributed by atoms with E-state index in [1.54, 1.807) is 4.57 Å². The van der Waals surface area contributed by atoms with Crippen LogP contribution in [0.4, 0.5) is 0 Å². The van der Waals surface area contributed by atoms with Gasteiger partial charge in [0.2, 0.25) is 0 Å². The maximum atomic E-state index is 12.2. The summed E-state index contributed by atoms with van der Waals surface area (Å²) in [5, 5.41) is 2.84. The van der Waals surface area contributed by atoms with Gasteiger partial charge in [0.25, 0.3) is 15.0 Å². The van der Waals surface area contributed by atoms with Gasteiger partial charge in [0, 0.05) is 37.1 Å². The van der Waals surface area contributed by atoms with Crippen LogP contribution in [-0.4, -0.2) is 39.2 Å². The van der Waals surface area contributed by atoms with Crippen molar-refractivity contribution in [1.29, 1.82) is 0 Å². The molecule has 0 spiro atoms. The Bertz CT molecular complexity index is 635. The SMILES string of the molecule is COCCn1cc(S(=O)(=O)Cl)cc1C(=O)NCC1(C)CC1. The minimum atomic E-state index is -3.86. The first-order valence-corrected chi connectivity index (χ1v) is 8.98. The van der Waals surface area contributed by atoms with Crippen LogP contribution in [0, 0.1) is 5.41 Å². The highest BCUT2D eigenvalue weighted by Gasteiger charge is 2.37. The van der Waals surface area contributed by atoms with Crippen molar-refractivity contribution in [3.8, 4) is 0 Å². The lowest BCUT2D eigenvalue weighted by Gasteiger charge is -2.12. The summed E-state index contributed by atoms with van der Waals surface area (Å²) in [4.78, 5) is 12.2. The second-order valence-corrected chi connectivity index (χ2v) is 8.24. The molecule has 0 bridgehead atoms. The first kappa shape index (κ1) is 16.3. The minimum Gasteiger partial charge on any atom is -0.383 e. The van der Waals surface area contributed by atoms with Crippen LogP contribution in [-0.2, 0) is 20.3 Å². The normalized spacial score (nSPS) is 16.7. The summed E-state index contributed by atoms with van der Waals surface area (Å²) >= 11 is 0. The van der Waals surface area contributed by atoms with Crippen LogP contribution >= 0.6 is 10.7 Å². The fourth-order valence-corrected chi connectivity index (χ4v) is 2.72. The van der Waals surface area contributed by atoms with E-state index >= 15 is 0 Å². The molecule has 1 aromatic heterocycles. The molecule has 118 valence electrons. The summed E-state index contributed by atoms with van der Waals surface area (Å²) in [6, 6.07) is 1.29. The molecule has 0 aliphatic heterocycles. The topological polar surface area (TPSA) is 77.4 Å². The van der Waals surface area contributed by atoms with Gasteiger partial charge in [-0.3, -0.25) is 4.79 Å². The number of aromatic nitrogens is 1. The van der Waals surface area contributed by atoms with Crippen molar-refractivity contribution in [2.75, 3.05) is 20.3 Å². The molecule has 1 aliphatic carbocycles. The molecule has 1 amide bonds. The Labute approximate surface area is 128 Å². The summed E-state index contributed by atoms with van der Waals surface area (Å²) in [5.41, 5.74) is 0.455. The van der Waals surface area contributed by atoms with Gasteiger partial charge in [-0.15, -0.1) is 0 Å². The standard InChI is InChI=1S/C13H19ClN2O4S/c1-13(3-4-13)9-15-12(17)11-7-10(21(14,18)19)8-16(11)5-6-20-2/h7-8H,3-6,9H2,1-2H3,(H,15,17). The monoisotopic (exact) mass is 334 g/mol.